The largest absolute Gasteiger partial charge is 0.247 e. The molecule has 1 atom stereocenters. The topological polar surface area (TPSA) is 30.2 Å². The molecule has 52 valence electrons. The highest BCUT2D eigenvalue weighted by molar-refractivity contribution is 5.65. The van der Waals surface area contributed by atoms with Crippen molar-refractivity contribution >= 4 is 12.0 Å². The van der Waals surface area contributed by atoms with Crippen molar-refractivity contribution in [3.8, 4) is 0 Å². The fourth-order valence-corrected chi connectivity index (χ4v) is 1.10. The molecule has 0 amide bonds. The van der Waals surface area contributed by atoms with Crippen molar-refractivity contribution in [1.29, 1.82) is 0 Å². The first kappa shape index (κ1) is 5.65. The van der Waals surface area contributed by atoms with E-state index in [0.29, 0.717) is 5.92 Å². The maximum atomic E-state index is 4.21. The van der Waals surface area contributed by atoms with Crippen molar-refractivity contribution in [2.45, 2.75) is 13.5 Å². The summed E-state index contributed by atoms with van der Waals surface area (Å²) in [6.45, 7) is 3.10. The normalized spacial score (nSPS) is 22.7. The molecule has 1 unspecified atom stereocenters. The van der Waals surface area contributed by atoms with Crippen molar-refractivity contribution in [3.05, 3.63) is 12.3 Å². The summed E-state index contributed by atoms with van der Waals surface area (Å²) in [4.78, 5) is 4.21. The quantitative estimate of drug-likeness (QED) is 0.526. The molecule has 0 radical (unpaired) electrons. The number of hydrogen-bond acceptors (Lipinski definition) is 2. The summed E-state index contributed by atoms with van der Waals surface area (Å²) >= 11 is 0. The van der Waals surface area contributed by atoms with Crippen molar-refractivity contribution in [1.82, 2.24) is 9.78 Å². The van der Waals surface area contributed by atoms with Gasteiger partial charge in [-0.25, -0.2) is 9.67 Å². The average molecular weight is 135 g/mol. The first-order valence-electron chi connectivity index (χ1n) is 3.42. The molecular formula is C7H9N3. The van der Waals surface area contributed by atoms with Crippen LogP contribution in [-0.2, 0) is 6.54 Å². The second-order valence-electron chi connectivity index (χ2n) is 2.63. The SMILES string of the molecule is CC1C=Nc2ccnn2C1. The van der Waals surface area contributed by atoms with Gasteiger partial charge in [-0.15, -0.1) is 0 Å². The number of aliphatic imine (C=N–C) groups is 1. The van der Waals surface area contributed by atoms with E-state index in [1.807, 2.05) is 17.0 Å². The van der Waals surface area contributed by atoms with Gasteiger partial charge in [0.05, 0.1) is 12.7 Å². The highest BCUT2D eigenvalue weighted by atomic mass is 15.3. The van der Waals surface area contributed by atoms with E-state index in [1.165, 1.54) is 0 Å². The third-order valence-electron chi connectivity index (χ3n) is 1.62. The van der Waals surface area contributed by atoms with Gasteiger partial charge in [0, 0.05) is 18.2 Å². The monoisotopic (exact) mass is 135 g/mol. The molecule has 10 heavy (non-hydrogen) atoms. The highest BCUT2D eigenvalue weighted by Gasteiger charge is 2.08. The Morgan fingerprint density at radius 1 is 1.70 bits per heavy atom. The second kappa shape index (κ2) is 1.94. The summed E-state index contributed by atoms with van der Waals surface area (Å²) in [5.41, 5.74) is 0. The van der Waals surface area contributed by atoms with Gasteiger partial charge in [0.25, 0.3) is 0 Å². The first-order chi connectivity index (χ1) is 4.86. The van der Waals surface area contributed by atoms with Crippen LogP contribution in [-0.4, -0.2) is 16.0 Å². The number of rotatable bonds is 0. The predicted molar refractivity (Wildman–Crippen MR) is 39.5 cm³/mol. The lowest BCUT2D eigenvalue weighted by Gasteiger charge is -2.12. The van der Waals surface area contributed by atoms with Crippen LogP contribution < -0.4 is 0 Å². The molecular weight excluding hydrogens is 126 g/mol. The first-order valence-corrected chi connectivity index (χ1v) is 3.42. The van der Waals surface area contributed by atoms with Crippen LogP contribution in [0.1, 0.15) is 6.92 Å². The molecule has 0 N–H and O–H groups in total. The van der Waals surface area contributed by atoms with E-state index in [1.54, 1.807) is 6.20 Å². The minimum Gasteiger partial charge on any atom is -0.247 e. The molecule has 1 aliphatic rings. The highest BCUT2D eigenvalue weighted by Crippen LogP contribution is 2.16. The van der Waals surface area contributed by atoms with E-state index in [2.05, 4.69) is 17.0 Å². The van der Waals surface area contributed by atoms with Crippen LogP contribution in [0, 0.1) is 5.92 Å². The lowest BCUT2D eigenvalue weighted by atomic mass is 10.2. The van der Waals surface area contributed by atoms with Crippen LogP contribution in [0.3, 0.4) is 0 Å². The molecule has 3 nitrogen and oxygen atoms in total. The molecule has 0 spiro atoms. The Bertz CT molecular complexity index is 262. The van der Waals surface area contributed by atoms with Crippen LogP contribution in [0.25, 0.3) is 0 Å². The second-order valence-corrected chi connectivity index (χ2v) is 2.63. The van der Waals surface area contributed by atoms with E-state index in [9.17, 15) is 0 Å². The zero-order valence-electron chi connectivity index (χ0n) is 5.86. The van der Waals surface area contributed by atoms with Crippen molar-refractivity contribution < 1.29 is 0 Å². The molecule has 0 saturated heterocycles. The molecule has 0 aromatic carbocycles. The van der Waals surface area contributed by atoms with Crippen LogP contribution in [0.2, 0.25) is 0 Å². The zero-order chi connectivity index (χ0) is 6.97. The maximum absolute atomic E-state index is 4.21. The average Bonchev–Trinajstić information content (AvgIpc) is 2.33. The van der Waals surface area contributed by atoms with Gasteiger partial charge >= 0.3 is 0 Å². The molecule has 2 heterocycles. The fourth-order valence-electron chi connectivity index (χ4n) is 1.10. The van der Waals surface area contributed by atoms with Gasteiger partial charge < -0.3 is 0 Å². The van der Waals surface area contributed by atoms with Gasteiger partial charge in [0.1, 0.15) is 5.82 Å². The Balaban J connectivity index is 2.43. The standard InChI is InChI=1S/C7H9N3/c1-6-4-8-7-2-3-9-10(7)5-6/h2-4,6H,5H2,1H3. The van der Waals surface area contributed by atoms with Gasteiger partial charge in [0.15, 0.2) is 0 Å². The Morgan fingerprint density at radius 2 is 2.60 bits per heavy atom. The molecule has 0 fully saturated rings. The predicted octanol–water partition coefficient (Wildman–Crippen LogP) is 1.24. The summed E-state index contributed by atoms with van der Waals surface area (Å²) in [5, 5.41) is 4.11. The zero-order valence-corrected chi connectivity index (χ0v) is 5.86. The van der Waals surface area contributed by atoms with Crippen molar-refractivity contribution in [2.24, 2.45) is 10.9 Å². The third-order valence-corrected chi connectivity index (χ3v) is 1.62. The molecule has 1 aliphatic heterocycles. The Labute approximate surface area is 59.4 Å². The third kappa shape index (κ3) is 0.744. The maximum Gasteiger partial charge on any atom is 0.149 e. The van der Waals surface area contributed by atoms with E-state index >= 15 is 0 Å². The molecule has 1 aromatic rings. The van der Waals surface area contributed by atoms with Gasteiger partial charge in [0.2, 0.25) is 0 Å². The Kier molecular flexibility index (Phi) is 1.09. The number of hydrogen-bond donors (Lipinski definition) is 0. The van der Waals surface area contributed by atoms with Crippen LogP contribution >= 0.6 is 0 Å². The molecule has 0 bridgehead atoms. The lowest BCUT2D eigenvalue weighted by Crippen LogP contribution is -2.13. The summed E-state index contributed by atoms with van der Waals surface area (Å²) in [7, 11) is 0. The molecule has 0 saturated carbocycles. The van der Waals surface area contributed by atoms with Crippen LogP contribution in [0.15, 0.2) is 17.3 Å². The minimum absolute atomic E-state index is 0.521. The van der Waals surface area contributed by atoms with E-state index < -0.39 is 0 Å². The van der Waals surface area contributed by atoms with Gasteiger partial charge in [-0.3, -0.25) is 0 Å². The summed E-state index contributed by atoms with van der Waals surface area (Å²) in [6.07, 6.45) is 3.75. The van der Waals surface area contributed by atoms with Crippen LogP contribution in [0.4, 0.5) is 5.82 Å². The molecule has 3 heteroatoms. The van der Waals surface area contributed by atoms with Crippen LogP contribution in [0.5, 0.6) is 0 Å². The van der Waals surface area contributed by atoms with Gasteiger partial charge in [-0.05, 0) is 0 Å². The number of aromatic nitrogens is 2. The Hall–Kier alpha value is -1.12. The minimum atomic E-state index is 0.521. The molecule has 0 aliphatic carbocycles. The number of fused-ring (bicyclic) bond motifs is 1. The lowest BCUT2D eigenvalue weighted by molar-refractivity contribution is 0.538. The fraction of sp³-hybridized carbons (Fsp3) is 0.429. The summed E-state index contributed by atoms with van der Waals surface area (Å²) in [6, 6.07) is 1.92. The van der Waals surface area contributed by atoms with Crippen molar-refractivity contribution in [3.63, 3.8) is 0 Å². The number of nitrogens with zero attached hydrogens (tertiary/aromatic N) is 3. The Morgan fingerprint density at radius 3 is 3.50 bits per heavy atom. The molecule has 2 rings (SSSR count). The van der Waals surface area contributed by atoms with E-state index in [0.717, 1.165) is 12.4 Å². The van der Waals surface area contributed by atoms with Gasteiger partial charge in [-0.2, -0.15) is 5.10 Å². The summed E-state index contributed by atoms with van der Waals surface area (Å²) < 4.78 is 1.92. The van der Waals surface area contributed by atoms with Gasteiger partial charge in [-0.1, -0.05) is 6.92 Å². The van der Waals surface area contributed by atoms with E-state index in [4.69, 9.17) is 0 Å². The summed E-state index contributed by atoms with van der Waals surface area (Å²) in [5.74, 6) is 1.49. The molecule has 1 aromatic heterocycles. The smallest absolute Gasteiger partial charge is 0.149 e. The van der Waals surface area contributed by atoms with Crippen molar-refractivity contribution in [2.75, 3.05) is 0 Å². The van der Waals surface area contributed by atoms with E-state index in [-0.39, 0.29) is 0 Å².